The van der Waals surface area contributed by atoms with Gasteiger partial charge in [0.1, 0.15) is 0 Å². The molecule has 4 atom stereocenters. The van der Waals surface area contributed by atoms with Crippen molar-refractivity contribution in [3.63, 3.8) is 0 Å². The van der Waals surface area contributed by atoms with E-state index in [2.05, 4.69) is 17.1 Å². The van der Waals surface area contributed by atoms with Crippen molar-refractivity contribution < 1.29 is 14.6 Å². The van der Waals surface area contributed by atoms with E-state index in [1.54, 1.807) is 0 Å². The molecule has 1 amide bonds. The molecule has 1 saturated heterocycles. The lowest BCUT2D eigenvalue weighted by atomic mass is 9.78. The topological polar surface area (TPSA) is 61.8 Å². The van der Waals surface area contributed by atoms with Crippen molar-refractivity contribution in [2.75, 3.05) is 26.3 Å². The van der Waals surface area contributed by atoms with Gasteiger partial charge in [0.25, 0.3) is 0 Å². The maximum atomic E-state index is 11.6. The number of hydrogen-bond acceptors (Lipinski definition) is 4. The molecular weight excluding hydrogens is 256 g/mol. The van der Waals surface area contributed by atoms with E-state index in [0.717, 1.165) is 31.8 Å². The molecule has 5 nitrogen and oxygen atoms in total. The number of aliphatic hydroxyl groups excluding tert-OH is 1. The van der Waals surface area contributed by atoms with Gasteiger partial charge in [-0.15, -0.1) is 0 Å². The number of carbonyl (C=O) groups is 1. The Morgan fingerprint density at radius 3 is 2.75 bits per heavy atom. The van der Waals surface area contributed by atoms with E-state index in [-0.39, 0.29) is 18.7 Å². The van der Waals surface area contributed by atoms with Crippen LogP contribution >= 0.6 is 0 Å². The fraction of sp³-hybridized carbons (Fsp3) is 0.933. The molecule has 1 saturated carbocycles. The van der Waals surface area contributed by atoms with E-state index in [1.165, 1.54) is 12.8 Å². The van der Waals surface area contributed by atoms with Gasteiger partial charge in [-0.25, -0.2) is 4.79 Å². The summed E-state index contributed by atoms with van der Waals surface area (Å²) in [6, 6.07) is 0.801. The third-order valence-corrected chi connectivity index (χ3v) is 4.74. The van der Waals surface area contributed by atoms with Gasteiger partial charge in [-0.3, -0.25) is 4.90 Å². The van der Waals surface area contributed by atoms with E-state index < -0.39 is 0 Å². The molecule has 0 spiro atoms. The second-order valence-corrected chi connectivity index (χ2v) is 6.25. The van der Waals surface area contributed by atoms with Crippen molar-refractivity contribution in [3.05, 3.63) is 0 Å². The lowest BCUT2D eigenvalue weighted by Crippen LogP contribution is -2.57. The molecule has 2 rings (SSSR count). The van der Waals surface area contributed by atoms with Crippen LogP contribution in [-0.4, -0.2) is 54.5 Å². The number of alkyl carbamates (subject to hydrolysis) is 1. The van der Waals surface area contributed by atoms with Gasteiger partial charge >= 0.3 is 6.09 Å². The minimum atomic E-state index is -0.316. The van der Waals surface area contributed by atoms with Crippen molar-refractivity contribution in [2.45, 2.75) is 51.6 Å². The molecule has 0 aromatic rings. The van der Waals surface area contributed by atoms with Gasteiger partial charge in [0, 0.05) is 31.8 Å². The van der Waals surface area contributed by atoms with E-state index in [0.29, 0.717) is 18.6 Å². The third-order valence-electron chi connectivity index (χ3n) is 4.74. The predicted octanol–water partition coefficient (Wildman–Crippen LogP) is 1.60. The summed E-state index contributed by atoms with van der Waals surface area (Å²) in [7, 11) is 0. The van der Waals surface area contributed by atoms with Crippen LogP contribution in [0.3, 0.4) is 0 Å². The van der Waals surface area contributed by atoms with Crippen molar-refractivity contribution in [1.82, 2.24) is 10.2 Å². The van der Waals surface area contributed by atoms with Crippen molar-refractivity contribution in [2.24, 2.45) is 11.8 Å². The predicted molar refractivity (Wildman–Crippen MR) is 77.5 cm³/mol. The molecule has 4 unspecified atom stereocenters. The number of nitrogens with zero attached hydrogens (tertiary/aromatic N) is 1. The number of likely N-dealkylation sites (tertiary alicyclic amines) is 1. The summed E-state index contributed by atoms with van der Waals surface area (Å²) in [5.74, 6) is 1.22. The summed E-state index contributed by atoms with van der Waals surface area (Å²) in [6.07, 6.45) is 4.01. The summed E-state index contributed by atoms with van der Waals surface area (Å²) >= 11 is 0. The zero-order valence-electron chi connectivity index (χ0n) is 12.7. The van der Waals surface area contributed by atoms with E-state index in [4.69, 9.17) is 4.74 Å². The van der Waals surface area contributed by atoms with Crippen molar-refractivity contribution >= 4 is 6.09 Å². The fourth-order valence-electron chi connectivity index (χ4n) is 3.54. The number of hydrogen-bond donors (Lipinski definition) is 2. The molecule has 1 heterocycles. The molecule has 2 aliphatic rings. The molecule has 1 aliphatic heterocycles. The number of ether oxygens (including phenoxy) is 1. The summed E-state index contributed by atoms with van der Waals surface area (Å²) in [5.41, 5.74) is 0. The highest BCUT2D eigenvalue weighted by molar-refractivity contribution is 5.67. The zero-order valence-corrected chi connectivity index (χ0v) is 12.7. The number of aliphatic hydroxyl groups is 1. The first kappa shape index (κ1) is 15.6. The lowest BCUT2D eigenvalue weighted by Gasteiger charge is -2.48. The molecule has 0 aromatic carbocycles. The van der Waals surface area contributed by atoms with Gasteiger partial charge in [0.2, 0.25) is 0 Å². The normalized spacial score (nSPS) is 34.4. The zero-order chi connectivity index (χ0) is 14.5. The van der Waals surface area contributed by atoms with Crippen molar-refractivity contribution in [1.29, 1.82) is 0 Å². The molecular formula is C15H28N2O3. The van der Waals surface area contributed by atoms with Crippen LogP contribution in [-0.2, 0) is 4.74 Å². The van der Waals surface area contributed by atoms with Crippen LogP contribution < -0.4 is 5.32 Å². The molecule has 116 valence electrons. The summed E-state index contributed by atoms with van der Waals surface area (Å²) < 4.78 is 4.98. The monoisotopic (exact) mass is 284 g/mol. The van der Waals surface area contributed by atoms with Crippen LogP contribution in [0.1, 0.15) is 39.5 Å². The standard InChI is InChI=1S/C15H28N2O3/c1-3-20-15(19)16-13-8-12(6-7-18)9-17(10-13)14-5-4-11(14)2/h11-14,18H,3-10H2,1-2H3,(H,16,19). The maximum Gasteiger partial charge on any atom is 0.407 e. The second kappa shape index (κ2) is 7.27. The maximum absolute atomic E-state index is 11.6. The Morgan fingerprint density at radius 2 is 2.20 bits per heavy atom. The molecule has 20 heavy (non-hydrogen) atoms. The molecule has 5 heteroatoms. The Labute approximate surface area is 121 Å². The van der Waals surface area contributed by atoms with Gasteiger partial charge in [-0.1, -0.05) is 6.92 Å². The first-order valence-corrected chi connectivity index (χ1v) is 7.92. The van der Waals surface area contributed by atoms with Crippen LogP contribution in [0.15, 0.2) is 0 Å². The van der Waals surface area contributed by atoms with Gasteiger partial charge in [-0.2, -0.15) is 0 Å². The summed E-state index contributed by atoms with van der Waals surface area (Å²) in [6.45, 7) is 6.72. The highest BCUT2D eigenvalue weighted by Crippen LogP contribution is 2.34. The largest absolute Gasteiger partial charge is 0.450 e. The molecule has 0 radical (unpaired) electrons. The molecule has 2 fully saturated rings. The van der Waals surface area contributed by atoms with Crippen molar-refractivity contribution in [3.8, 4) is 0 Å². The highest BCUT2D eigenvalue weighted by Gasteiger charge is 2.37. The van der Waals surface area contributed by atoms with Gasteiger partial charge in [0.05, 0.1) is 6.61 Å². The van der Waals surface area contributed by atoms with Crippen LogP contribution in [0, 0.1) is 11.8 Å². The minimum absolute atomic E-state index is 0.146. The SMILES string of the molecule is CCOC(=O)NC1CC(CCO)CN(C2CCC2C)C1. The number of piperidine rings is 1. The molecule has 0 aromatic heterocycles. The number of rotatable bonds is 5. The number of carbonyl (C=O) groups excluding carboxylic acids is 1. The van der Waals surface area contributed by atoms with Crippen LogP contribution in [0.4, 0.5) is 4.79 Å². The quantitative estimate of drug-likeness (QED) is 0.805. The Bertz CT molecular complexity index is 324. The first-order chi connectivity index (χ1) is 9.63. The van der Waals surface area contributed by atoms with Gasteiger partial charge in [0.15, 0.2) is 0 Å². The summed E-state index contributed by atoms with van der Waals surface area (Å²) in [4.78, 5) is 14.1. The van der Waals surface area contributed by atoms with E-state index >= 15 is 0 Å². The van der Waals surface area contributed by atoms with Crippen LogP contribution in [0.25, 0.3) is 0 Å². The smallest absolute Gasteiger partial charge is 0.407 e. The Kier molecular flexibility index (Phi) is 5.66. The van der Waals surface area contributed by atoms with E-state index in [9.17, 15) is 9.90 Å². The molecule has 2 N–H and O–H groups in total. The minimum Gasteiger partial charge on any atom is -0.450 e. The van der Waals surface area contributed by atoms with Gasteiger partial charge in [-0.05, 0) is 44.4 Å². The number of amides is 1. The summed E-state index contributed by atoms with van der Waals surface area (Å²) in [5, 5.41) is 12.2. The van der Waals surface area contributed by atoms with Crippen LogP contribution in [0.2, 0.25) is 0 Å². The molecule has 0 bridgehead atoms. The number of nitrogens with one attached hydrogen (secondary N) is 1. The van der Waals surface area contributed by atoms with Crippen LogP contribution in [0.5, 0.6) is 0 Å². The Balaban J connectivity index is 1.91. The first-order valence-electron chi connectivity index (χ1n) is 7.92. The average molecular weight is 284 g/mol. The third kappa shape index (κ3) is 3.85. The second-order valence-electron chi connectivity index (χ2n) is 6.25. The Hall–Kier alpha value is -0.810. The fourth-order valence-corrected chi connectivity index (χ4v) is 3.54. The van der Waals surface area contributed by atoms with Gasteiger partial charge < -0.3 is 15.2 Å². The Morgan fingerprint density at radius 1 is 1.40 bits per heavy atom. The lowest BCUT2D eigenvalue weighted by molar-refractivity contribution is 0.0175. The van der Waals surface area contributed by atoms with E-state index in [1.807, 2.05) is 6.92 Å². The highest BCUT2D eigenvalue weighted by atomic mass is 16.5. The average Bonchev–Trinajstić information content (AvgIpc) is 2.37. The molecule has 1 aliphatic carbocycles.